The Bertz CT molecular complexity index is 950. The van der Waals surface area contributed by atoms with Crippen molar-refractivity contribution in [3.05, 3.63) is 52.3 Å². The van der Waals surface area contributed by atoms with E-state index in [2.05, 4.69) is 53.7 Å². The summed E-state index contributed by atoms with van der Waals surface area (Å²) >= 11 is 0. The second-order valence-electron chi connectivity index (χ2n) is 11.2. The zero-order valence-electron chi connectivity index (χ0n) is 24.0. The summed E-state index contributed by atoms with van der Waals surface area (Å²) in [6.07, 6.45) is 13.8. The molecule has 0 radical (unpaired) electrons. The fraction of sp³-hybridized carbons (Fsp3) is 0.647. The summed E-state index contributed by atoms with van der Waals surface area (Å²) in [7, 11) is 0. The maximum absolute atomic E-state index is 15.6. The van der Waals surface area contributed by atoms with E-state index in [1.807, 2.05) is 6.07 Å². The third-order valence-corrected chi connectivity index (χ3v) is 8.89. The first-order valence-electron chi connectivity index (χ1n) is 15.0. The molecule has 2 aromatic carbocycles. The van der Waals surface area contributed by atoms with Crippen LogP contribution < -0.4 is 4.74 Å². The van der Waals surface area contributed by atoms with Gasteiger partial charge in [0.05, 0.1) is 6.61 Å². The SMILES string of the molecule is CCc1cc(-c2ccc(CCC3CCC(C)CC3)cc2F)c(CC)c(CC)c1OCCC(CC)CC. The van der Waals surface area contributed by atoms with Gasteiger partial charge in [-0.2, -0.15) is 0 Å². The van der Waals surface area contributed by atoms with Crippen molar-refractivity contribution in [3.63, 3.8) is 0 Å². The molecule has 0 spiro atoms. The fourth-order valence-electron chi connectivity index (χ4n) is 6.23. The van der Waals surface area contributed by atoms with Crippen LogP contribution in [-0.2, 0) is 25.7 Å². The molecular weight excluding hydrogens is 443 g/mol. The molecule has 200 valence electrons. The lowest BCUT2D eigenvalue weighted by molar-refractivity contribution is 0.267. The third kappa shape index (κ3) is 7.14. The largest absolute Gasteiger partial charge is 0.493 e. The summed E-state index contributed by atoms with van der Waals surface area (Å²) in [5, 5.41) is 0. The maximum Gasteiger partial charge on any atom is 0.131 e. The van der Waals surface area contributed by atoms with Gasteiger partial charge in [0.15, 0.2) is 0 Å². The van der Waals surface area contributed by atoms with Crippen molar-refractivity contribution in [3.8, 4) is 16.9 Å². The molecule has 2 aromatic rings. The number of hydrogen-bond acceptors (Lipinski definition) is 1. The van der Waals surface area contributed by atoms with E-state index >= 15 is 4.39 Å². The van der Waals surface area contributed by atoms with Gasteiger partial charge in [-0.1, -0.05) is 92.2 Å². The van der Waals surface area contributed by atoms with Crippen LogP contribution in [0.4, 0.5) is 4.39 Å². The molecule has 1 nitrogen and oxygen atoms in total. The van der Waals surface area contributed by atoms with E-state index in [0.717, 1.165) is 78.9 Å². The Morgan fingerprint density at radius 1 is 0.861 bits per heavy atom. The van der Waals surface area contributed by atoms with Gasteiger partial charge < -0.3 is 4.74 Å². The first kappa shape index (κ1) is 28.7. The lowest BCUT2D eigenvalue weighted by Crippen LogP contribution is -2.13. The van der Waals surface area contributed by atoms with Crippen LogP contribution in [0.1, 0.15) is 115 Å². The predicted molar refractivity (Wildman–Crippen MR) is 154 cm³/mol. The number of ether oxygens (including phenoxy) is 1. The Morgan fingerprint density at radius 2 is 1.56 bits per heavy atom. The van der Waals surface area contributed by atoms with Gasteiger partial charge in [-0.25, -0.2) is 4.39 Å². The molecule has 1 aliphatic carbocycles. The third-order valence-electron chi connectivity index (χ3n) is 8.89. The minimum Gasteiger partial charge on any atom is -0.493 e. The average Bonchev–Trinajstić information content (AvgIpc) is 2.90. The Kier molecular flexibility index (Phi) is 11.3. The average molecular weight is 495 g/mol. The van der Waals surface area contributed by atoms with Crippen molar-refractivity contribution in [1.29, 1.82) is 0 Å². The van der Waals surface area contributed by atoms with Gasteiger partial charge in [-0.15, -0.1) is 0 Å². The van der Waals surface area contributed by atoms with E-state index in [9.17, 15) is 0 Å². The van der Waals surface area contributed by atoms with E-state index in [-0.39, 0.29) is 5.82 Å². The molecule has 0 amide bonds. The van der Waals surface area contributed by atoms with Crippen molar-refractivity contribution in [2.24, 2.45) is 17.8 Å². The Hall–Kier alpha value is -1.83. The molecule has 0 aliphatic heterocycles. The fourth-order valence-corrected chi connectivity index (χ4v) is 6.23. The summed E-state index contributed by atoms with van der Waals surface area (Å²) < 4.78 is 22.0. The lowest BCUT2D eigenvalue weighted by Gasteiger charge is -2.26. The minimum atomic E-state index is -0.0778. The Labute approximate surface area is 221 Å². The van der Waals surface area contributed by atoms with Gasteiger partial charge in [-0.3, -0.25) is 0 Å². The normalized spacial score (nSPS) is 18.1. The van der Waals surface area contributed by atoms with Crippen LogP contribution in [0.15, 0.2) is 24.3 Å². The highest BCUT2D eigenvalue weighted by Gasteiger charge is 2.21. The van der Waals surface area contributed by atoms with Crippen molar-refractivity contribution < 1.29 is 9.13 Å². The molecule has 3 rings (SSSR count). The van der Waals surface area contributed by atoms with Crippen LogP contribution in [0.5, 0.6) is 5.75 Å². The molecule has 0 atom stereocenters. The van der Waals surface area contributed by atoms with Crippen molar-refractivity contribution in [2.75, 3.05) is 6.61 Å². The van der Waals surface area contributed by atoms with Crippen LogP contribution in [-0.4, -0.2) is 6.61 Å². The lowest BCUT2D eigenvalue weighted by atomic mass is 9.80. The number of hydrogen-bond donors (Lipinski definition) is 0. The highest BCUT2D eigenvalue weighted by molar-refractivity contribution is 5.73. The van der Waals surface area contributed by atoms with Crippen LogP contribution in [0.25, 0.3) is 11.1 Å². The van der Waals surface area contributed by atoms with E-state index in [1.54, 1.807) is 6.07 Å². The molecule has 0 heterocycles. The second-order valence-corrected chi connectivity index (χ2v) is 11.2. The minimum absolute atomic E-state index is 0.0778. The van der Waals surface area contributed by atoms with Gasteiger partial charge in [0.25, 0.3) is 0 Å². The van der Waals surface area contributed by atoms with E-state index in [4.69, 9.17) is 4.74 Å². The van der Waals surface area contributed by atoms with Crippen LogP contribution in [0.3, 0.4) is 0 Å². The molecule has 1 saturated carbocycles. The van der Waals surface area contributed by atoms with Crippen LogP contribution in [0.2, 0.25) is 0 Å². The van der Waals surface area contributed by atoms with Gasteiger partial charge >= 0.3 is 0 Å². The molecule has 0 aromatic heterocycles. The molecule has 0 N–H and O–H groups in total. The molecule has 0 saturated heterocycles. The van der Waals surface area contributed by atoms with E-state index < -0.39 is 0 Å². The molecule has 1 aliphatic rings. The Balaban J connectivity index is 1.84. The standard InChI is InChI=1S/C34H51FO/c1-7-25(8-2)20-21-36-34-28(9-3)23-32(29(10-4)30(34)11-5)31-19-18-27(22-33(31)35)17-16-26-14-12-24(6)13-15-26/h18-19,22-26H,7-17,20-21H2,1-6H3. The summed E-state index contributed by atoms with van der Waals surface area (Å²) in [5.41, 5.74) is 6.67. The number of aryl methyl sites for hydroxylation is 2. The molecule has 2 heteroatoms. The summed E-state index contributed by atoms with van der Waals surface area (Å²) in [4.78, 5) is 0. The number of rotatable bonds is 13. The van der Waals surface area contributed by atoms with Crippen molar-refractivity contribution >= 4 is 0 Å². The quantitative estimate of drug-likeness (QED) is 0.269. The van der Waals surface area contributed by atoms with E-state index in [1.165, 1.54) is 61.6 Å². The summed E-state index contributed by atoms with van der Waals surface area (Å²) in [6.45, 7) is 14.2. The van der Waals surface area contributed by atoms with Crippen molar-refractivity contribution in [2.45, 2.75) is 119 Å². The first-order chi connectivity index (χ1) is 17.4. The van der Waals surface area contributed by atoms with Gasteiger partial charge in [0, 0.05) is 5.56 Å². The molecular formula is C34H51FO. The van der Waals surface area contributed by atoms with Crippen LogP contribution in [0, 0.1) is 23.6 Å². The topological polar surface area (TPSA) is 9.23 Å². The molecule has 1 fully saturated rings. The van der Waals surface area contributed by atoms with Crippen LogP contribution >= 0.6 is 0 Å². The predicted octanol–water partition coefficient (Wildman–Crippen LogP) is 10.1. The molecule has 0 bridgehead atoms. The first-order valence-corrected chi connectivity index (χ1v) is 15.0. The molecule has 0 unspecified atom stereocenters. The highest BCUT2D eigenvalue weighted by Crippen LogP contribution is 2.39. The number of halogens is 1. The number of benzene rings is 2. The zero-order valence-corrected chi connectivity index (χ0v) is 24.0. The maximum atomic E-state index is 15.6. The van der Waals surface area contributed by atoms with Crippen molar-refractivity contribution in [1.82, 2.24) is 0 Å². The Morgan fingerprint density at radius 3 is 2.14 bits per heavy atom. The van der Waals surface area contributed by atoms with Gasteiger partial charge in [0.1, 0.15) is 11.6 Å². The zero-order chi connectivity index (χ0) is 26.1. The monoisotopic (exact) mass is 494 g/mol. The van der Waals surface area contributed by atoms with E-state index in [0.29, 0.717) is 0 Å². The van der Waals surface area contributed by atoms with Gasteiger partial charge in [0.2, 0.25) is 0 Å². The molecule has 36 heavy (non-hydrogen) atoms. The smallest absolute Gasteiger partial charge is 0.131 e. The van der Waals surface area contributed by atoms with Gasteiger partial charge in [-0.05, 0) is 96.2 Å². The highest BCUT2D eigenvalue weighted by atomic mass is 19.1. The summed E-state index contributed by atoms with van der Waals surface area (Å²) in [5.74, 6) is 3.40. The summed E-state index contributed by atoms with van der Waals surface area (Å²) in [6, 6.07) is 8.22. The second kappa shape index (κ2) is 14.2.